The van der Waals surface area contributed by atoms with Gasteiger partial charge in [-0.25, -0.2) is 17.9 Å². The van der Waals surface area contributed by atoms with Crippen molar-refractivity contribution in [2.75, 3.05) is 11.0 Å². The van der Waals surface area contributed by atoms with Crippen LogP contribution in [0, 0.1) is 13.5 Å². The Morgan fingerprint density at radius 3 is 2.38 bits per heavy atom. The molecule has 0 saturated carbocycles. The normalized spacial score (nSPS) is 11.3. The second-order valence-electron chi connectivity index (χ2n) is 5.34. The minimum Gasteiger partial charge on any atom is -0.276 e. The van der Waals surface area contributed by atoms with Crippen LogP contribution in [0.1, 0.15) is 24.6 Å². The molecule has 0 bridgehead atoms. The summed E-state index contributed by atoms with van der Waals surface area (Å²) < 4.78 is 26.9. The lowest BCUT2D eigenvalue weighted by Crippen LogP contribution is -2.14. The number of halogens is 2. The summed E-state index contributed by atoms with van der Waals surface area (Å²) in [6, 6.07) is 3.54. The maximum atomic E-state index is 11.6. The summed E-state index contributed by atoms with van der Waals surface area (Å²) in [5, 5.41) is 4.91. The molecule has 0 spiro atoms. The predicted octanol–water partition coefficient (Wildman–Crippen LogP) is 4.36. The third kappa shape index (κ3) is 3.83. The summed E-state index contributed by atoms with van der Waals surface area (Å²) in [5.41, 5.74) is 1.79. The van der Waals surface area contributed by atoms with Gasteiger partial charge in [0.1, 0.15) is 11.5 Å². The van der Waals surface area contributed by atoms with E-state index >= 15 is 0 Å². The van der Waals surface area contributed by atoms with E-state index in [1.165, 1.54) is 4.68 Å². The summed E-state index contributed by atoms with van der Waals surface area (Å²) in [6.07, 6.45) is 2.76. The first-order valence-corrected chi connectivity index (χ1v) is 9.75. The Balaban J connectivity index is 2.72. The van der Waals surface area contributed by atoms with Crippen LogP contribution in [0.25, 0.3) is 10.5 Å². The van der Waals surface area contributed by atoms with Crippen molar-refractivity contribution in [3.8, 4) is 5.69 Å². The maximum Gasteiger partial charge on any atom is 0.251 e. The van der Waals surface area contributed by atoms with Crippen molar-refractivity contribution in [1.29, 1.82) is 0 Å². The van der Waals surface area contributed by atoms with Crippen LogP contribution in [-0.4, -0.2) is 24.5 Å². The number of hydrogen-bond acceptors (Lipinski definition) is 3. The SMILES string of the molecule is [C-]#[N+]c1c(C)nn(-c2c(Cl)cc(CCC)cc2Cl)c1NS(C)(=O)=O. The number of aryl methyl sites for hydroxylation is 2. The van der Waals surface area contributed by atoms with E-state index in [2.05, 4.69) is 14.7 Å². The first-order chi connectivity index (χ1) is 11.2. The Morgan fingerprint density at radius 2 is 1.92 bits per heavy atom. The molecule has 2 aromatic rings. The van der Waals surface area contributed by atoms with Gasteiger partial charge in [0.15, 0.2) is 0 Å². The molecule has 2 rings (SSSR count). The monoisotopic (exact) mass is 386 g/mol. The molecule has 1 heterocycles. The topological polar surface area (TPSA) is 68.3 Å². The fraction of sp³-hybridized carbons (Fsp3) is 0.333. The zero-order valence-corrected chi connectivity index (χ0v) is 15.7. The Morgan fingerprint density at radius 1 is 1.33 bits per heavy atom. The molecule has 24 heavy (non-hydrogen) atoms. The number of nitrogens with zero attached hydrogens (tertiary/aromatic N) is 3. The van der Waals surface area contributed by atoms with E-state index in [4.69, 9.17) is 29.8 Å². The van der Waals surface area contributed by atoms with Crippen LogP contribution in [0.5, 0.6) is 0 Å². The Kier molecular flexibility index (Phi) is 5.43. The second kappa shape index (κ2) is 7.01. The minimum atomic E-state index is -3.61. The van der Waals surface area contributed by atoms with Crippen LogP contribution in [0.4, 0.5) is 11.5 Å². The summed E-state index contributed by atoms with van der Waals surface area (Å²) in [4.78, 5) is 3.36. The van der Waals surface area contributed by atoms with Crippen molar-refractivity contribution in [2.45, 2.75) is 26.7 Å². The van der Waals surface area contributed by atoms with Gasteiger partial charge in [0.25, 0.3) is 5.69 Å². The van der Waals surface area contributed by atoms with Crippen molar-refractivity contribution in [1.82, 2.24) is 9.78 Å². The molecule has 0 fully saturated rings. The van der Waals surface area contributed by atoms with Gasteiger partial charge in [0.2, 0.25) is 10.0 Å². The number of hydrogen-bond donors (Lipinski definition) is 1. The van der Waals surface area contributed by atoms with Gasteiger partial charge in [-0.2, -0.15) is 5.10 Å². The van der Waals surface area contributed by atoms with Gasteiger partial charge in [-0.05, 0) is 31.0 Å². The molecule has 1 N–H and O–H groups in total. The average molecular weight is 387 g/mol. The molecule has 1 aromatic heterocycles. The molecule has 0 amide bonds. The first kappa shape index (κ1) is 18.6. The number of sulfonamides is 1. The fourth-order valence-electron chi connectivity index (χ4n) is 2.34. The first-order valence-electron chi connectivity index (χ1n) is 7.11. The lowest BCUT2D eigenvalue weighted by molar-refractivity contribution is 0.606. The van der Waals surface area contributed by atoms with E-state index in [0.29, 0.717) is 21.4 Å². The summed E-state index contributed by atoms with van der Waals surface area (Å²) >= 11 is 12.7. The Labute approximate surface area is 151 Å². The molecule has 1 aromatic carbocycles. The van der Waals surface area contributed by atoms with Gasteiger partial charge in [-0.15, -0.1) is 0 Å². The highest BCUT2D eigenvalue weighted by Gasteiger charge is 2.22. The van der Waals surface area contributed by atoms with Crippen molar-refractivity contribution in [3.63, 3.8) is 0 Å². The number of rotatable bonds is 5. The second-order valence-corrected chi connectivity index (χ2v) is 7.90. The van der Waals surface area contributed by atoms with E-state index < -0.39 is 10.0 Å². The quantitative estimate of drug-likeness (QED) is 0.775. The molecule has 0 unspecified atom stereocenters. The highest BCUT2D eigenvalue weighted by atomic mass is 35.5. The standard InChI is InChI=1S/C15H16Cl2N4O2S/c1-5-6-10-7-11(16)14(12(17)8-10)21-15(20-24(4,22)23)13(18-3)9(2)19-21/h7-8,20H,5-6H2,1-2,4H3. The molecule has 0 radical (unpaired) electrons. The lowest BCUT2D eigenvalue weighted by atomic mass is 10.1. The summed E-state index contributed by atoms with van der Waals surface area (Å²) in [5.74, 6) is 0.0250. The van der Waals surface area contributed by atoms with Crippen molar-refractivity contribution in [3.05, 3.63) is 44.9 Å². The summed E-state index contributed by atoms with van der Waals surface area (Å²) in [7, 11) is -3.61. The van der Waals surface area contributed by atoms with Gasteiger partial charge < -0.3 is 0 Å². The van der Waals surface area contributed by atoms with Crippen LogP contribution in [0.3, 0.4) is 0 Å². The smallest absolute Gasteiger partial charge is 0.251 e. The van der Waals surface area contributed by atoms with Crippen LogP contribution in [0.2, 0.25) is 10.0 Å². The maximum absolute atomic E-state index is 11.6. The number of nitrogens with one attached hydrogen (secondary N) is 1. The Bertz CT molecular complexity index is 907. The van der Waals surface area contributed by atoms with Gasteiger partial charge in [0, 0.05) is 0 Å². The Hall–Kier alpha value is -1.75. The van der Waals surface area contributed by atoms with Gasteiger partial charge in [-0.3, -0.25) is 4.72 Å². The van der Waals surface area contributed by atoms with Crippen LogP contribution in [0.15, 0.2) is 12.1 Å². The van der Waals surface area contributed by atoms with Crippen LogP contribution < -0.4 is 4.72 Å². The van der Waals surface area contributed by atoms with Crippen LogP contribution in [-0.2, 0) is 16.4 Å². The highest BCUT2D eigenvalue weighted by molar-refractivity contribution is 7.92. The molecule has 0 aliphatic carbocycles. The molecule has 0 saturated heterocycles. The fourth-order valence-corrected chi connectivity index (χ4v) is 3.56. The molecule has 128 valence electrons. The largest absolute Gasteiger partial charge is 0.276 e. The van der Waals surface area contributed by atoms with Gasteiger partial charge in [-0.1, -0.05) is 36.5 Å². The molecule has 9 heteroatoms. The van der Waals surface area contributed by atoms with Crippen LogP contribution >= 0.6 is 23.2 Å². The van der Waals surface area contributed by atoms with E-state index in [1.807, 2.05) is 6.92 Å². The zero-order chi connectivity index (χ0) is 18.1. The number of aromatic nitrogens is 2. The van der Waals surface area contributed by atoms with Gasteiger partial charge in [0.05, 0.1) is 28.6 Å². The molecule has 0 aliphatic heterocycles. The highest BCUT2D eigenvalue weighted by Crippen LogP contribution is 2.37. The third-order valence-corrected chi connectivity index (χ3v) is 4.39. The third-order valence-electron chi connectivity index (χ3n) is 3.25. The van der Waals surface area contributed by atoms with E-state index in [0.717, 1.165) is 24.7 Å². The number of anilines is 1. The average Bonchev–Trinajstić information content (AvgIpc) is 2.72. The minimum absolute atomic E-state index is 0.0250. The predicted molar refractivity (Wildman–Crippen MR) is 97.0 cm³/mol. The van der Waals surface area contributed by atoms with E-state index in [-0.39, 0.29) is 11.5 Å². The van der Waals surface area contributed by atoms with Crippen molar-refractivity contribution in [2.24, 2.45) is 0 Å². The number of benzene rings is 1. The van der Waals surface area contributed by atoms with Gasteiger partial charge >= 0.3 is 0 Å². The summed E-state index contributed by atoms with van der Waals surface area (Å²) in [6.45, 7) is 10.9. The molecular formula is C15H16Cl2N4O2S. The van der Waals surface area contributed by atoms with E-state index in [9.17, 15) is 8.42 Å². The molecule has 6 nitrogen and oxygen atoms in total. The van der Waals surface area contributed by atoms with Crippen molar-refractivity contribution < 1.29 is 8.42 Å². The zero-order valence-electron chi connectivity index (χ0n) is 13.4. The van der Waals surface area contributed by atoms with Crippen molar-refractivity contribution >= 4 is 44.7 Å². The lowest BCUT2D eigenvalue weighted by Gasteiger charge is -2.14. The molecular weight excluding hydrogens is 371 g/mol. The molecule has 0 atom stereocenters. The molecule has 0 aliphatic rings. The van der Waals surface area contributed by atoms with E-state index in [1.54, 1.807) is 19.1 Å².